The first-order valence-corrected chi connectivity index (χ1v) is 6.01. The van der Waals surface area contributed by atoms with Crippen molar-refractivity contribution < 1.29 is 13.9 Å². The van der Waals surface area contributed by atoms with Gasteiger partial charge >= 0.3 is 5.97 Å². The van der Waals surface area contributed by atoms with Crippen molar-refractivity contribution in [3.8, 4) is 11.3 Å². The number of benzene rings is 2. The first kappa shape index (κ1) is 12.3. The minimum absolute atomic E-state index is 0.315. The second-order valence-electron chi connectivity index (χ2n) is 4.33. The van der Waals surface area contributed by atoms with Crippen molar-refractivity contribution in [3.05, 3.63) is 53.8 Å². The summed E-state index contributed by atoms with van der Waals surface area (Å²) in [6.07, 6.45) is 0. The molecule has 0 aliphatic heterocycles. The molecule has 4 nitrogen and oxygen atoms in total. The summed E-state index contributed by atoms with van der Waals surface area (Å²) in [5.74, 6) is -0.723. The second kappa shape index (κ2) is 4.77. The van der Waals surface area contributed by atoms with Crippen LogP contribution in [0.1, 0.15) is 10.4 Å². The van der Waals surface area contributed by atoms with Crippen LogP contribution in [-0.4, -0.2) is 23.3 Å². The maximum Gasteiger partial charge on any atom is 0.337 e. The van der Waals surface area contributed by atoms with Gasteiger partial charge in [0.25, 0.3) is 0 Å². The van der Waals surface area contributed by atoms with E-state index in [4.69, 9.17) is 0 Å². The molecule has 1 N–H and O–H groups in total. The molecular formula is C15H11FN2O2. The van der Waals surface area contributed by atoms with Crippen LogP contribution in [0.3, 0.4) is 0 Å². The smallest absolute Gasteiger partial charge is 0.337 e. The zero-order chi connectivity index (χ0) is 14.1. The van der Waals surface area contributed by atoms with E-state index in [0.29, 0.717) is 22.3 Å². The Labute approximate surface area is 114 Å². The summed E-state index contributed by atoms with van der Waals surface area (Å²) in [4.78, 5) is 11.5. The number of hydrogen-bond acceptors (Lipinski definition) is 3. The molecule has 1 aromatic heterocycles. The number of methoxy groups -OCH3 is 1. The van der Waals surface area contributed by atoms with Crippen LogP contribution in [0.2, 0.25) is 0 Å². The van der Waals surface area contributed by atoms with Gasteiger partial charge in [-0.2, -0.15) is 5.10 Å². The lowest BCUT2D eigenvalue weighted by molar-refractivity contribution is 0.0601. The van der Waals surface area contributed by atoms with Gasteiger partial charge in [0.05, 0.1) is 23.9 Å². The van der Waals surface area contributed by atoms with Gasteiger partial charge < -0.3 is 4.74 Å². The number of ether oxygens (including phenoxy) is 1. The second-order valence-corrected chi connectivity index (χ2v) is 4.33. The molecular weight excluding hydrogens is 259 g/mol. The summed E-state index contributed by atoms with van der Waals surface area (Å²) in [5.41, 5.74) is 2.47. The van der Waals surface area contributed by atoms with E-state index in [9.17, 15) is 9.18 Å². The highest BCUT2D eigenvalue weighted by atomic mass is 19.1. The summed E-state index contributed by atoms with van der Waals surface area (Å²) < 4.78 is 17.9. The molecule has 0 radical (unpaired) electrons. The third kappa shape index (κ3) is 2.03. The van der Waals surface area contributed by atoms with E-state index < -0.39 is 5.97 Å². The van der Waals surface area contributed by atoms with Crippen molar-refractivity contribution in [3.63, 3.8) is 0 Å². The third-order valence-corrected chi connectivity index (χ3v) is 3.08. The molecule has 0 aliphatic carbocycles. The first-order valence-electron chi connectivity index (χ1n) is 6.01. The van der Waals surface area contributed by atoms with Gasteiger partial charge in [0.2, 0.25) is 0 Å². The molecule has 2 aromatic carbocycles. The number of rotatable bonds is 2. The Morgan fingerprint density at radius 1 is 1.25 bits per heavy atom. The molecule has 0 unspecified atom stereocenters. The van der Waals surface area contributed by atoms with Gasteiger partial charge in [-0.15, -0.1) is 0 Å². The molecule has 0 spiro atoms. The van der Waals surface area contributed by atoms with Crippen LogP contribution in [0.25, 0.3) is 22.2 Å². The van der Waals surface area contributed by atoms with E-state index in [-0.39, 0.29) is 5.82 Å². The van der Waals surface area contributed by atoms with E-state index in [2.05, 4.69) is 14.9 Å². The van der Waals surface area contributed by atoms with Crippen LogP contribution >= 0.6 is 0 Å². The number of halogens is 1. The van der Waals surface area contributed by atoms with Crippen molar-refractivity contribution >= 4 is 16.9 Å². The fourth-order valence-electron chi connectivity index (χ4n) is 2.12. The van der Waals surface area contributed by atoms with Crippen molar-refractivity contribution in [2.75, 3.05) is 7.11 Å². The van der Waals surface area contributed by atoms with E-state index in [0.717, 1.165) is 5.39 Å². The summed E-state index contributed by atoms with van der Waals surface area (Å²) in [6.45, 7) is 0. The van der Waals surface area contributed by atoms with E-state index in [1.165, 1.54) is 19.2 Å². The normalized spacial score (nSPS) is 10.7. The number of fused-ring (bicyclic) bond motifs is 1. The van der Waals surface area contributed by atoms with E-state index in [1.807, 2.05) is 0 Å². The number of hydrogen-bond donors (Lipinski definition) is 1. The highest BCUT2D eigenvalue weighted by Gasteiger charge is 2.12. The Bertz CT molecular complexity index is 795. The fourth-order valence-corrected chi connectivity index (χ4v) is 2.12. The average Bonchev–Trinajstić information content (AvgIpc) is 2.89. The highest BCUT2D eigenvalue weighted by molar-refractivity contribution is 5.98. The molecule has 0 atom stereocenters. The summed E-state index contributed by atoms with van der Waals surface area (Å²) in [6, 6.07) is 11.3. The number of esters is 1. The van der Waals surface area contributed by atoms with Gasteiger partial charge in [0, 0.05) is 10.9 Å². The predicted molar refractivity (Wildman–Crippen MR) is 72.8 cm³/mol. The van der Waals surface area contributed by atoms with Crippen molar-refractivity contribution in [1.82, 2.24) is 10.2 Å². The maximum atomic E-state index is 13.3. The van der Waals surface area contributed by atoms with Gasteiger partial charge in [-0.05, 0) is 30.3 Å². The molecule has 5 heteroatoms. The monoisotopic (exact) mass is 270 g/mol. The lowest BCUT2D eigenvalue weighted by atomic mass is 10.1. The Balaban J connectivity index is 2.13. The van der Waals surface area contributed by atoms with Gasteiger partial charge in [-0.25, -0.2) is 9.18 Å². The molecule has 1 heterocycles. The SMILES string of the molecule is COC(=O)c1ccc2c(-c3cccc(F)c3)n[nH]c2c1. The van der Waals surface area contributed by atoms with Gasteiger partial charge in [0.1, 0.15) is 5.82 Å². The van der Waals surface area contributed by atoms with Crippen LogP contribution in [0.4, 0.5) is 4.39 Å². The maximum absolute atomic E-state index is 13.3. The topological polar surface area (TPSA) is 55.0 Å². The van der Waals surface area contributed by atoms with E-state index >= 15 is 0 Å². The number of aromatic nitrogens is 2. The molecule has 0 aliphatic rings. The average molecular weight is 270 g/mol. The number of carbonyl (C=O) groups excluding carboxylic acids is 1. The largest absolute Gasteiger partial charge is 0.465 e. The zero-order valence-corrected chi connectivity index (χ0v) is 10.7. The van der Waals surface area contributed by atoms with Crippen LogP contribution in [0, 0.1) is 5.82 Å². The summed E-state index contributed by atoms with van der Waals surface area (Å²) >= 11 is 0. The van der Waals surface area contributed by atoms with Crippen molar-refractivity contribution in [2.45, 2.75) is 0 Å². The predicted octanol–water partition coefficient (Wildman–Crippen LogP) is 3.16. The molecule has 0 saturated heterocycles. The fraction of sp³-hybridized carbons (Fsp3) is 0.0667. The lowest BCUT2D eigenvalue weighted by Gasteiger charge is -2.00. The van der Waals surface area contributed by atoms with Crippen LogP contribution < -0.4 is 0 Å². The van der Waals surface area contributed by atoms with E-state index in [1.54, 1.807) is 30.3 Å². The van der Waals surface area contributed by atoms with Crippen molar-refractivity contribution in [1.29, 1.82) is 0 Å². The molecule has 3 aromatic rings. The molecule has 0 bridgehead atoms. The Hall–Kier alpha value is -2.69. The van der Waals surface area contributed by atoms with Gasteiger partial charge in [0.15, 0.2) is 0 Å². The van der Waals surface area contributed by atoms with Gasteiger partial charge in [-0.3, -0.25) is 5.10 Å². The Morgan fingerprint density at radius 2 is 2.10 bits per heavy atom. The first-order chi connectivity index (χ1) is 9.69. The molecule has 0 fully saturated rings. The number of carbonyl (C=O) groups is 1. The molecule has 3 rings (SSSR count). The van der Waals surface area contributed by atoms with Crippen LogP contribution in [0.15, 0.2) is 42.5 Å². The summed E-state index contributed by atoms with van der Waals surface area (Å²) in [7, 11) is 1.33. The quantitative estimate of drug-likeness (QED) is 0.728. The number of H-pyrrole nitrogens is 1. The molecule has 0 saturated carbocycles. The number of nitrogens with one attached hydrogen (secondary N) is 1. The standard InChI is InChI=1S/C15H11FN2O2/c1-20-15(19)10-5-6-12-13(8-10)17-18-14(12)9-3-2-4-11(16)7-9/h2-8H,1H3,(H,17,18). The molecule has 100 valence electrons. The third-order valence-electron chi connectivity index (χ3n) is 3.08. The van der Waals surface area contributed by atoms with Crippen LogP contribution in [0.5, 0.6) is 0 Å². The lowest BCUT2D eigenvalue weighted by Crippen LogP contribution is -2.00. The summed E-state index contributed by atoms with van der Waals surface area (Å²) in [5, 5.41) is 7.86. The van der Waals surface area contributed by atoms with Crippen molar-refractivity contribution in [2.24, 2.45) is 0 Å². The molecule has 0 amide bonds. The number of aromatic amines is 1. The minimum atomic E-state index is -0.409. The molecule has 20 heavy (non-hydrogen) atoms. The number of nitrogens with zero attached hydrogens (tertiary/aromatic N) is 1. The highest BCUT2D eigenvalue weighted by Crippen LogP contribution is 2.27. The minimum Gasteiger partial charge on any atom is -0.465 e. The Kier molecular flexibility index (Phi) is 2.95. The Morgan fingerprint density at radius 3 is 2.85 bits per heavy atom. The van der Waals surface area contributed by atoms with Gasteiger partial charge in [-0.1, -0.05) is 12.1 Å². The zero-order valence-electron chi connectivity index (χ0n) is 10.7. The van der Waals surface area contributed by atoms with Crippen LogP contribution in [-0.2, 0) is 4.74 Å².